The minimum Gasteiger partial charge on any atom is -0.463 e. The number of aliphatic imine (C=N–C) groups is 1. The Morgan fingerprint density at radius 2 is 1.97 bits per heavy atom. The summed E-state index contributed by atoms with van der Waals surface area (Å²) in [6, 6.07) is 3.31. The highest BCUT2D eigenvalue weighted by Gasteiger charge is 2.58. The number of hydrogen-bond donors (Lipinski definition) is 2. The molecular weight excluding hydrogens is 468 g/mol. The molecule has 1 amide bonds. The van der Waals surface area contributed by atoms with Gasteiger partial charge in [-0.1, -0.05) is 5.92 Å². The number of amidine groups is 1. The number of ether oxygens (including phenoxy) is 1. The third-order valence-corrected chi connectivity index (χ3v) is 8.13. The molecule has 2 aromatic rings. The quantitative estimate of drug-likeness (QED) is 0.613. The Morgan fingerprint density at radius 1 is 1.26 bits per heavy atom. The number of amides is 1. The number of nitrogens with two attached hydrogens (primary N) is 1. The third-order valence-electron chi connectivity index (χ3n) is 5.49. The van der Waals surface area contributed by atoms with E-state index in [-0.39, 0.29) is 35.3 Å². The van der Waals surface area contributed by atoms with Gasteiger partial charge in [0.25, 0.3) is 5.91 Å². The van der Waals surface area contributed by atoms with Crippen molar-refractivity contribution < 1.29 is 26.7 Å². The first-order valence-electron chi connectivity index (χ1n) is 10.0. The van der Waals surface area contributed by atoms with E-state index in [1.54, 1.807) is 6.92 Å². The van der Waals surface area contributed by atoms with E-state index in [1.807, 2.05) is 0 Å². The Kier molecular flexibility index (Phi) is 6.61. The lowest BCUT2D eigenvalue weighted by Gasteiger charge is -2.40. The number of aromatic nitrogens is 2. The van der Waals surface area contributed by atoms with Gasteiger partial charge in [0, 0.05) is 11.3 Å². The smallest absolute Gasteiger partial charge is 0.275 e. The Bertz CT molecular complexity index is 1320. The standard InChI is InChI=1S/C22H23F2N5O4S/c1-5-6-9-33-17-12-26-16(11-27-17)18(30)28-13-7-8-15(23)14(10-13)22(4)19(24)34(31,32)21(2,3)20(25)29-22/h7-8,10-12,19H,9H2,1-4H3,(H2,25,29)(H,28,30)/t19?,22-/m1/s1. The maximum absolute atomic E-state index is 15.3. The fraction of sp³-hybridized carbons (Fsp3) is 0.364. The second kappa shape index (κ2) is 8.98. The number of nitrogens with one attached hydrogen (secondary N) is 1. The van der Waals surface area contributed by atoms with Crippen LogP contribution in [0.15, 0.2) is 35.6 Å². The fourth-order valence-electron chi connectivity index (χ4n) is 3.20. The predicted octanol–water partition coefficient (Wildman–Crippen LogP) is 2.35. The van der Waals surface area contributed by atoms with Crippen molar-refractivity contribution in [3.8, 4) is 17.7 Å². The molecule has 1 unspecified atom stereocenters. The molecule has 3 rings (SSSR count). The first kappa shape index (κ1) is 25.0. The number of rotatable bonds is 5. The summed E-state index contributed by atoms with van der Waals surface area (Å²) in [5.74, 6) is 3.57. The molecule has 2 atom stereocenters. The molecule has 0 saturated heterocycles. The van der Waals surface area contributed by atoms with E-state index in [0.717, 1.165) is 19.1 Å². The van der Waals surface area contributed by atoms with Crippen LogP contribution in [0.5, 0.6) is 5.88 Å². The van der Waals surface area contributed by atoms with Crippen LogP contribution in [0.3, 0.4) is 0 Å². The number of anilines is 1. The van der Waals surface area contributed by atoms with Gasteiger partial charge in [-0.05, 0) is 45.9 Å². The van der Waals surface area contributed by atoms with Gasteiger partial charge >= 0.3 is 0 Å². The van der Waals surface area contributed by atoms with E-state index in [9.17, 15) is 17.6 Å². The Morgan fingerprint density at radius 3 is 2.59 bits per heavy atom. The van der Waals surface area contributed by atoms with E-state index in [1.165, 1.54) is 32.3 Å². The van der Waals surface area contributed by atoms with Gasteiger partial charge in [0.2, 0.25) is 11.4 Å². The van der Waals surface area contributed by atoms with Gasteiger partial charge in [-0.2, -0.15) is 0 Å². The SMILES string of the molecule is CC#CCOc1cnc(C(=O)Nc2ccc(F)c([C@@]3(C)N=C(N)C(C)(C)S(=O)(=O)C3F)c2)cn1. The van der Waals surface area contributed by atoms with Crippen molar-refractivity contribution in [3.05, 3.63) is 47.7 Å². The van der Waals surface area contributed by atoms with Crippen LogP contribution in [-0.2, 0) is 15.4 Å². The maximum Gasteiger partial charge on any atom is 0.275 e. The highest BCUT2D eigenvalue weighted by molar-refractivity contribution is 7.94. The van der Waals surface area contributed by atoms with E-state index in [2.05, 4.69) is 32.1 Å². The lowest BCUT2D eigenvalue weighted by Crippen LogP contribution is -2.58. The summed E-state index contributed by atoms with van der Waals surface area (Å²) in [4.78, 5) is 24.5. The lowest BCUT2D eigenvalue weighted by atomic mass is 9.91. The van der Waals surface area contributed by atoms with Crippen molar-refractivity contribution in [2.45, 2.75) is 43.5 Å². The summed E-state index contributed by atoms with van der Waals surface area (Å²) in [5, 5.41) is 2.49. The van der Waals surface area contributed by atoms with E-state index in [4.69, 9.17) is 10.5 Å². The number of carbonyl (C=O) groups excluding carboxylic acids is 1. The predicted molar refractivity (Wildman–Crippen MR) is 122 cm³/mol. The average Bonchev–Trinajstić information content (AvgIpc) is 2.79. The van der Waals surface area contributed by atoms with E-state index < -0.39 is 37.4 Å². The molecule has 2 heterocycles. The van der Waals surface area contributed by atoms with Gasteiger partial charge in [0.15, 0.2) is 16.4 Å². The highest BCUT2D eigenvalue weighted by atomic mass is 32.2. The second-order valence-electron chi connectivity index (χ2n) is 8.12. The summed E-state index contributed by atoms with van der Waals surface area (Å²) in [6.45, 7) is 5.37. The summed E-state index contributed by atoms with van der Waals surface area (Å²) in [5.41, 5.74) is 0.712. The summed E-state index contributed by atoms with van der Waals surface area (Å²) < 4.78 is 59.0. The van der Waals surface area contributed by atoms with Crippen LogP contribution in [0.2, 0.25) is 0 Å². The molecular formula is C22H23F2N5O4S. The Balaban J connectivity index is 1.90. The molecule has 9 nitrogen and oxygen atoms in total. The van der Waals surface area contributed by atoms with Crippen LogP contribution in [0.25, 0.3) is 0 Å². The minimum atomic E-state index is -4.47. The Labute approximate surface area is 195 Å². The van der Waals surface area contributed by atoms with Gasteiger partial charge in [0.05, 0.1) is 12.4 Å². The second-order valence-corrected chi connectivity index (χ2v) is 10.6. The lowest BCUT2D eigenvalue weighted by molar-refractivity contribution is 0.102. The molecule has 12 heteroatoms. The van der Waals surface area contributed by atoms with Gasteiger partial charge in [-0.3, -0.25) is 9.79 Å². The average molecular weight is 492 g/mol. The van der Waals surface area contributed by atoms with Crippen LogP contribution in [0, 0.1) is 17.7 Å². The first-order valence-corrected chi connectivity index (χ1v) is 11.6. The largest absolute Gasteiger partial charge is 0.463 e. The van der Waals surface area contributed by atoms with Gasteiger partial charge in [-0.25, -0.2) is 27.2 Å². The van der Waals surface area contributed by atoms with Crippen molar-refractivity contribution in [3.63, 3.8) is 0 Å². The molecule has 1 aromatic heterocycles. The fourth-order valence-corrected chi connectivity index (χ4v) is 4.84. The number of hydrogen-bond acceptors (Lipinski definition) is 8. The highest BCUT2D eigenvalue weighted by Crippen LogP contribution is 2.44. The zero-order valence-electron chi connectivity index (χ0n) is 18.9. The monoisotopic (exact) mass is 491 g/mol. The molecule has 1 aliphatic heterocycles. The summed E-state index contributed by atoms with van der Waals surface area (Å²) in [7, 11) is -4.47. The Hall–Kier alpha value is -3.59. The number of halogens is 2. The number of nitrogens with zero attached hydrogens (tertiary/aromatic N) is 3. The third kappa shape index (κ3) is 4.31. The molecule has 0 fully saturated rings. The topological polar surface area (TPSA) is 137 Å². The zero-order valence-corrected chi connectivity index (χ0v) is 19.7. The van der Waals surface area contributed by atoms with Crippen LogP contribution in [-0.4, -0.2) is 47.0 Å². The molecule has 34 heavy (non-hydrogen) atoms. The number of sulfone groups is 1. The number of benzene rings is 1. The van der Waals surface area contributed by atoms with Crippen molar-refractivity contribution in [1.29, 1.82) is 0 Å². The van der Waals surface area contributed by atoms with Crippen molar-refractivity contribution >= 4 is 27.3 Å². The molecule has 3 N–H and O–H groups in total. The van der Waals surface area contributed by atoms with E-state index in [0.29, 0.717) is 0 Å². The summed E-state index contributed by atoms with van der Waals surface area (Å²) in [6.07, 6.45) is 2.41. The molecule has 0 radical (unpaired) electrons. The van der Waals surface area contributed by atoms with Crippen LogP contribution < -0.4 is 15.8 Å². The van der Waals surface area contributed by atoms with Crippen LogP contribution in [0.1, 0.15) is 43.7 Å². The van der Waals surface area contributed by atoms with E-state index >= 15 is 4.39 Å². The molecule has 180 valence electrons. The summed E-state index contributed by atoms with van der Waals surface area (Å²) >= 11 is 0. The number of alkyl halides is 1. The normalized spacial score (nSPS) is 22.6. The van der Waals surface area contributed by atoms with Gasteiger partial charge < -0.3 is 15.8 Å². The minimum absolute atomic E-state index is 0.0613. The number of carbonyl (C=O) groups is 1. The zero-order chi connectivity index (χ0) is 25.3. The molecule has 1 aromatic carbocycles. The molecule has 0 bridgehead atoms. The van der Waals surface area contributed by atoms with Gasteiger partial charge in [-0.15, -0.1) is 5.92 Å². The van der Waals surface area contributed by atoms with Crippen molar-refractivity contribution in [2.75, 3.05) is 11.9 Å². The molecule has 0 saturated carbocycles. The van der Waals surface area contributed by atoms with Gasteiger partial charge in [0.1, 0.15) is 27.6 Å². The van der Waals surface area contributed by atoms with Crippen LogP contribution in [0.4, 0.5) is 14.5 Å². The maximum atomic E-state index is 15.3. The molecule has 0 spiro atoms. The molecule has 1 aliphatic rings. The van der Waals surface area contributed by atoms with Crippen molar-refractivity contribution in [1.82, 2.24) is 9.97 Å². The first-order chi connectivity index (χ1) is 15.8. The van der Waals surface area contributed by atoms with Crippen molar-refractivity contribution in [2.24, 2.45) is 10.7 Å². The van der Waals surface area contributed by atoms with Crippen LogP contribution >= 0.6 is 0 Å². The molecule has 0 aliphatic carbocycles.